The second-order valence-electron chi connectivity index (χ2n) is 7.18. The largest absolute Gasteiger partial charge is 0.345 e. The first kappa shape index (κ1) is 15.8. The molecule has 0 radical (unpaired) electrons. The zero-order valence-electron chi connectivity index (χ0n) is 13.3. The van der Waals surface area contributed by atoms with Gasteiger partial charge in [-0.1, -0.05) is 26.2 Å². The van der Waals surface area contributed by atoms with Crippen LogP contribution in [0.5, 0.6) is 0 Å². The van der Waals surface area contributed by atoms with Gasteiger partial charge in [-0.2, -0.15) is 0 Å². The third-order valence-electron chi connectivity index (χ3n) is 5.34. The summed E-state index contributed by atoms with van der Waals surface area (Å²) in [7, 11) is 1.98. The van der Waals surface area contributed by atoms with Crippen LogP contribution in [0.4, 0.5) is 0 Å². The van der Waals surface area contributed by atoms with E-state index < -0.39 is 0 Å². The Bertz CT molecular complexity index is 304. The molecule has 0 aromatic rings. The molecule has 0 heterocycles. The molecule has 0 aliphatic heterocycles. The summed E-state index contributed by atoms with van der Waals surface area (Å²) >= 11 is 0. The molecule has 0 spiro atoms. The van der Waals surface area contributed by atoms with E-state index >= 15 is 0 Å². The minimum Gasteiger partial charge on any atom is -0.345 e. The van der Waals surface area contributed by atoms with Gasteiger partial charge in [0.1, 0.15) is 0 Å². The maximum atomic E-state index is 12.5. The van der Waals surface area contributed by atoms with E-state index in [2.05, 4.69) is 6.92 Å². The number of rotatable bonds is 6. The van der Waals surface area contributed by atoms with Gasteiger partial charge in [0.25, 0.3) is 0 Å². The fourth-order valence-electron chi connectivity index (χ4n) is 3.92. The van der Waals surface area contributed by atoms with Crippen LogP contribution in [-0.2, 0) is 4.79 Å². The zero-order chi connectivity index (χ0) is 14.5. The number of nitrogens with zero attached hydrogens (tertiary/aromatic N) is 1. The van der Waals surface area contributed by atoms with Gasteiger partial charge in [0, 0.05) is 25.6 Å². The van der Waals surface area contributed by atoms with E-state index in [0.29, 0.717) is 23.8 Å². The predicted octanol–water partition coefficient (Wildman–Crippen LogP) is 3.18. The van der Waals surface area contributed by atoms with Crippen LogP contribution in [0.15, 0.2) is 0 Å². The Kier molecular flexibility index (Phi) is 5.88. The molecule has 2 N–H and O–H groups in total. The predicted molar refractivity (Wildman–Crippen MR) is 83.3 cm³/mol. The van der Waals surface area contributed by atoms with E-state index in [1.165, 1.54) is 32.1 Å². The van der Waals surface area contributed by atoms with Gasteiger partial charge < -0.3 is 10.6 Å². The van der Waals surface area contributed by atoms with Crippen LogP contribution in [0.25, 0.3) is 0 Å². The minimum absolute atomic E-state index is 0.298. The summed E-state index contributed by atoms with van der Waals surface area (Å²) in [5.41, 5.74) is 5.82. The fourth-order valence-corrected chi connectivity index (χ4v) is 3.92. The molecule has 20 heavy (non-hydrogen) atoms. The summed E-state index contributed by atoms with van der Waals surface area (Å²) < 4.78 is 0. The number of hydrogen-bond donors (Lipinski definition) is 1. The molecule has 0 atom stereocenters. The third-order valence-corrected chi connectivity index (χ3v) is 5.34. The molecule has 0 aromatic carbocycles. The van der Waals surface area contributed by atoms with E-state index in [4.69, 9.17) is 5.73 Å². The SMILES string of the molecule is CCCCC1CCC(C(=O)N(C)CC2CC(N)C2)CC1. The Morgan fingerprint density at radius 2 is 1.80 bits per heavy atom. The van der Waals surface area contributed by atoms with Gasteiger partial charge in [0.15, 0.2) is 0 Å². The number of hydrogen-bond acceptors (Lipinski definition) is 2. The minimum atomic E-state index is 0.298. The van der Waals surface area contributed by atoms with Gasteiger partial charge in [-0.15, -0.1) is 0 Å². The van der Waals surface area contributed by atoms with Crippen molar-refractivity contribution < 1.29 is 4.79 Å². The zero-order valence-corrected chi connectivity index (χ0v) is 13.3. The van der Waals surface area contributed by atoms with Crippen LogP contribution in [0.3, 0.4) is 0 Å². The summed E-state index contributed by atoms with van der Waals surface area (Å²) in [4.78, 5) is 14.5. The first-order chi connectivity index (χ1) is 9.60. The van der Waals surface area contributed by atoms with Crippen molar-refractivity contribution in [2.45, 2.75) is 70.8 Å². The lowest BCUT2D eigenvalue weighted by Crippen LogP contribution is -2.45. The second-order valence-corrected chi connectivity index (χ2v) is 7.18. The topological polar surface area (TPSA) is 46.3 Å². The van der Waals surface area contributed by atoms with Gasteiger partial charge in [-0.05, 0) is 50.4 Å². The summed E-state index contributed by atoms with van der Waals surface area (Å²) in [6.45, 7) is 3.18. The van der Waals surface area contributed by atoms with Crippen LogP contribution in [0.1, 0.15) is 64.7 Å². The summed E-state index contributed by atoms with van der Waals surface area (Å²) in [6.07, 6.45) is 11.0. The molecular weight excluding hydrogens is 248 g/mol. The van der Waals surface area contributed by atoms with Gasteiger partial charge in [-0.3, -0.25) is 4.79 Å². The molecule has 3 heteroatoms. The van der Waals surface area contributed by atoms with E-state index in [1.54, 1.807) is 0 Å². The molecule has 0 saturated heterocycles. The molecule has 116 valence electrons. The normalized spacial score (nSPS) is 33.5. The van der Waals surface area contributed by atoms with E-state index in [9.17, 15) is 4.79 Å². The molecule has 0 aromatic heterocycles. The van der Waals surface area contributed by atoms with Crippen molar-refractivity contribution in [3.63, 3.8) is 0 Å². The van der Waals surface area contributed by atoms with Crippen molar-refractivity contribution in [1.82, 2.24) is 4.90 Å². The second kappa shape index (κ2) is 7.44. The highest BCUT2D eigenvalue weighted by Crippen LogP contribution is 2.33. The van der Waals surface area contributed by atoms with Crippen molar-refractivity contribution in [2.75, 3.05) is 13.6 Å². The molecule has 2 fully saturated rings. The average Bonchev–Trinajstić information content (AvgIpc) is 2.43. The Morgan fingerprint density at radius 3 is 2.35 bits per heavy atom. The lowest BCUT2D eigenvalue weighted by Gasteiger charge is -2.37. The molecule has 2 saturated carbocycles. The number of carbonyl (C=O) groups is 1. The van der Waals surface area contributed by atoms with Gasteiger partial charge in [-0.25, -0.2) is 0 Å². The Morgan fingerprint density at radius 1 is 1.15 bits per heavy atom. The first-order valence-electron chi connectivity index (χ1n) is 8.60. The van der Waals surface area contributed by atoms with Gasteiger partial charge >= 0.3 is 0 Å². The van der Waals surface area contributed by atoms with Crippen molar-refractivity contribution >= 4 is 5.91 Å². The third kappa shape index (κ3) is 4.21. The van der Waals surface area contributed by atoms with Gasteiger partial charge in [0.05, 0.1) is 0 Å². The molecule has 2 aliphatic carbocycles. The summed E-state index contributed by atoms with van der Waals surface area (Å²) in [5, 5.41) is 0. The highest BCUT2D eigenvalue weighted by atomic mass is 16.2. The molecule has 2 aliphatic rings. The molecule has 0 bridgehead atoms. The molecular formula is C17H32N2O. The number of unbranched alkanes of at least 4 members (excludes halogenated alkanes) is 1. The molecule has 0 unspecified atom stereocenters. The van der Waals surface area contributed by atoms with Crippen molar-refractivity contribution in [3.05, 3.63) is 0 Å². The molecule has 2 rings (SSSR count). The summed E-state index contributed by atoms with van der Waals surface area (Å²) in [6, 6.07) is 0.387. The number of nitrogens with two attached hydrogens (primary N) is 1. The van der Waals surface area contributed by atoms with Crippen molar-refractivity contribution in [1.29, 1.82) is 0 Å². The van der Waals surface area contributed by atoms with Crippen molar-refractivity contribution in [3.8, 4) is 0 Å². The van der Waals surface area contributed by atoms with E-state index in [-0.39, 0.29) is 0 Å². The standard InChI is InChI=1S/C17H32N2O/c1-3-4-5-13-6-8-15(9-7-13)17(20)19(2)12-14-10-16(18)11-14/h13-16H,3-12,18H2,1-2H3. The molecule has 1 amide bonds. The lowest BCUT2D eigenvalue weighted by molar-refractivity contribution is -0.136. The highest BCUT2D eigenvalue weighted by Gasteiger charge is 2.31. The van der Waals surface area contributed by atoms with Crippen LogP contribution < -0.4 is 5.73 Å². The van der Waals surface area contributed by atoms with Gasteiger partial charge in [0.2, 0.25) is 5.91 Å². The maximum absolute atomic E-state index is 12.5. The van der Waals surface area contributed by atoms with Crippen LogP contribution in [-0.4, -0.2) is 30.4 Å². The monoisotopic (exact) mass is 280 g/mol. The lowest BCUT2D eigenvalue weighted by atomic mass is 9.78. The smallest absolute Gasteiger partial charge is 0.225 e. The fraction of sp³-hybridized carbons (Fsp3) is 0.941. The summed E-state index contributed by atoms with van der Waals surface area (Å²) in [5.74, 6) is 2.22. The molecule has 3 nitrogen and oxygen atoms in total. The Labute approximate surface area is 124 Å². The van der Waals surface area contributed by atoms with Crippen LogP contribution in [0, 0.1) is 17.8 Å². The van der Waals surface area contributed by atoms with Crippen molar-refractivity contribution in [2.24, 2.45) is 23.5 Å². The Hall–Kier alpha value is -0.570. The first-order valence-corrected chi connectivity index (χ1v) is 8.60. The maximum Gasteiger partial charge on any atom is 0.225 e. The number of carbonyl (C=O) groups excluding carboxylic acids is 1. The van der Waals surface area contributed by atoms with Crippen LogP contribution in [0.2, 0.25) is 0 Å². The van der Waals surface area contributed by atoms with E-state index in [0.717, 1.165) is 38.1 Å². The number of amides is 1. The van der Waals surface area contributed by atoms with E-state index in [1.807, 2.05) is 11.9 Å². The van der Waals surface area contributed by atoms with Crippen LogP contribution >= 0.6 is 0 Å². The quantitative estimate of drug-likeness (QED) is 0.812. The average molecular weight is 280 g/mol. The Balaban J connectivity index is 1.68. The highest BCUT2D eigenvalue weighted by molar-refractivity contribution is 5.78.